The van der Waals surface area contributed by atoms with Crippen molar-refractivity contribution in [3.8, 4) is 0 Å². The van der Waals surface area contributed by atoms with E-state index in [0.29, 0.717) is 17.5 Å². The Bertz CT molecular complexity index is 857. The Balaban J connectivity index is 1.53. The molecule has 2 N–H and O–H groups in total. The quantitative estimate of drug-likeness (QED) is 0.447. The maximum atomic E-state index is 3.96. The largest absolute Gasteiger partial charge is 0.313 e. The molecule has 1 aromatic carbocycles. The SMILES string of the molecule is CC(C)(C)C(P)(c1ccccc1C(P)(C1CCCN1)C1CCCN1)C12CC3CC(CC(C3)C1)C2. The molecule has 0 radical (unpaired) electrons. The fraction of sp³-hybridized carbons (Fsp3) is 0.800. The minimum atomic E-state index is 0.0406. The van der Waals surface area contributed by atoms with Crippen LogP contribution in [0, 0.1) is 28.6 Å². The first-order valence-corrected chi connectivity index (χ1v) is 15.5. The lowest BCUT2D eigenvalue weighted by atomic mass is 9.42. The van der Waals surface area contributed by atoms with E-state index in [1.165, 1.54) is 64.2 Å². The van der Waals surface area contributed by atoms with Gasteiger partial charge in [0, 0.05) is 22.4 Å². The van der Waals surface area contributed by atoms with E-state index in [1.807, 2.05) is 0 Å². The second-order valence-electron chi connectivity index (χ2n) is 14.0. The van der Waals surface area contributed by atoms with Crippen LogP contribution in [0.5, 0.6) is 0 Å². The molecule has 4 heteroatoms. The van der Waals surface area contributed by atoms with Crippen LogP contribution in [0.25, 0.3) is 0 Å². The van der Waals surface area contributed by atoms with Crippen molar-refractivity contribution in [1.29, 1.82) is 0 Å². The molecular weight excluding hydrogens is 450 g/mol. The number of benzene rings is 1. The lowest BCUT2D eigenvalue weighted by Crippen LogP contribution is -2.60. The minimum Gasteiger partial charge on any atom is -0.313 e. The summed E-state index contributed by atoms with van der Waals surface area (Å²) in [5.74, 6) is 2.90. The molecule has 2 heterocycles. The fourth-order valence-electron chi connectivity index (χ4n) is 10.1. The Morgan fingerprint density at radius 3 is 1.65 bits per heavy atom. The Morgan fingerprint density at radius 2 is 1.24 bits per heavy atom. The van der Waals surface area contributed by atoms with Crippen molar-refractivity contribution in [3.05, 3.63) is 35.4 Å². The van der Waals surface area contributed by atoms with Gasteiger partial charge in [-0.15, -0.1) is 18.5 Å². The van der Waals surface area contributed by atoms with E-state index in [1.54, 1.807) is 11.1 Å². The number of rotatable bonds is 5. The molecule has 34 heavy (non-hydrogen) atoms. The van der Waals surface area contributed by atoms with Crippen LogP contribution in [-0.2, 0) is 10.3 Å². The van der Waals surface area contributed by atoms with Crippen molar-refractivity contribution >= 4 is 18.5 Å². The van der Waals surface area contributed by atoms with E-state index in [0.717, 1.165) is 30.8 Å². The standard InChI is InChI=1S/C30H48N2P2/c1-27(2,3)30(34,28-17-20-14-21(18-28)16-22(15-20)19-28)24-9-5-4-8-23(24)29(33,25-10-6-12-31-25)26-11-7-13-32-26/h4-5,8-9,20-22,25-26,31-32H,6-7,10-19,33-34H2,1-3H3. The van der Waals surface area contributed by atoms with Gasteiger partial charge in [0.25, 0.3) is 0 Å². The van der Waals surface area contributed by atoms with E-state index in [-0.39, 0.29) is 15.7 Å². The maximum absolute atomic E-state index is 3.96. The summed E-state index contributed by atoms with van der Waals surface area (Å²) in [7, 11) is 7.07. The minimum absolute atomic E-state index is 0.0406. The zero-order chi connectivity index (χ0) is 23.8. The number of hydrogen-bond donors (Lipinski definition) is 2. The molecule has 5 atom stereocenters. The predicted octanol–water partition coefficient (Wildman–Crippen LogP) is 6.59. The Kier molecular flexibility index (Phi) is 6.10. The van der Waals surface area contributed by atoms with E-state index in [4.69, 9.17) is 0 Å². The molecule has 0 aromatic heterocycles. The van der Waals surface area contributed by atoms with Gasteiger partial charge in [-0.25, -0.2) is 0 Å². The highest BCUT2D eigenvalue weighted by molar-refractivity contribution is 7.19. The van der Waals surface area contributed by atoms with Gasteiger partial charge in [-0.3, -0.25) is 0 Å². The second kappa shape index (κ2) is 8.51. The van der Waals surface area contributed by atoms with Crippen molar-refractivity contribution in [2.45, 2.75) is 107 Å². The Morgan fingerprint density at radius 1 is 0.765 bits per heavy atom. The van der Waals surface area contributed by atoms with Crippen molar-refractivity contribution in [2.75, 3.05) is 13.1 Å². The van der Waals surface area contributed by atoms with Crippen molar-refractivity contribution < 1.29 is 0 Å². The molecule has 2 aliphatic heterocycles. The van der Waals surface area contributed by atoms with Gasteiger partial charge in [0.1, 0.15) is 0 Å². The normalized spacial score (nSPS) is 40.9. The van der Waals surface area contributed by atoms with E-state index in [9.17, 15) is 0 Å². The molecule has 4 bridgehead atoms. The second-order valence-corrected chi connectivity index (χ2v) is 15.9. The van der Waals surface area contributed by atoms with Gasteiger partial charge < -0.3 is 10.6 Å². The third-order valence-corrected chi connectivity index (χ3v) is 14.1. The maximum Gasteiger partial charge on any atom is 0.0405 e. The Hall–Kier alpha value is -0.0000000000000000416. The predicted molar refractivity (Wildman–Crippen MR) is 151 cm³/mol. The molecule has 4 saturated carbocycles. The van der Waals surface area contributed by atoms with Crippen LogP contribution in [0.15, 0.2) is 24.3 Å². The molecule has 0 spiro atoms. The van der Waals surface area contributed by atoms with Crippen LogP contribution < -0.4 is 10.6 Å². The number of nitrogens with one attached hydrogen (secondary N) is 2. The summed E-state index contributed by atoms with van der Waals surface area (Å²) in [6, 6.07) is 10.8. The molecule has 4 aliphatic carbocycles. The molecule has 2 saturated heterocycles. The van der Waals surface area contributed by atoms with Gasteiger partial charge in [-0.1, -0.05) is 45.0 Å². The zero-order valence-corrected chi connectivity index (χ0v) is 24.1. The molecular formula is C30H48N2P2. The number of hydrogen-bond acceptors (Lipinski definition) is 2. The van der Waals surface area contributed by atoms with Gasteiger partial charge in [0.15, 0.2) is 0 Å². The lowest BCUT2D eigenvalue weighted by Gasteiger charge is -2.67. The Labute approximate surface area is 213 Å². The van der Waals surface area contributed by atoms with Crippen LogP contribution in [0.1, 0.15) is 96.1 Å². The summed E-state index contributed by atoms with van der Waals surface area (Å²) in [5.41, 5.74) is 3.85. The van der Waals surface area contributed by atoms with E-state index >= 15 is 0 Å². The van der Waals surface area contributed by atoms with Crippen LogP contribution in [0.3, 0.4) is 0 Å². The highest BCUT2D eigenvalue weighted by Crippen LogP contribution is 2.73. The summed E-state index contributed by atoms with van der Waals surface area (Å²) < 4.78 is 0. The highest BCUT2D eigenvalue weighted by atomic mass is 31.0. The highest BCUT2D eigenvalue weighted by Gasteiger charge is 2.63. The lowest BCUT2D eigenvalue weighted by molar-refractivity contribution is -0.101. The molecule has 6 fully saturated rings. The van der Waals surface area contributed by atoms with Gasteiger partial charge in [0.05, 0.1) is 0 Å². The molecule has 5 unspecified atom stereocenters. The van der Waals surface area contributed by atoms with Crippen LogP contribution in [-0.4, -0.2) is 25.2 Å². The van der Waals surface area contributed by atoms with Crippen molar-refractivity contribution in [2.24, 2.45) is 28.6 Å². The fourth-order valence-corrected chi connectivity index (χ4v) is 11.5. The van der Waals surface area contributed by atoms with Gasteiger partial charge in [0.2, 0.25) is 0 Å². The van der Waals surface area contributed by atoms with Gasteiger partial charge >= 0.3 is 0 Å². The first kappa shape index (κ1) is 24.3. The molecule has 188 valence electrons. The molecule has 2 nitrogen and oxygen atoms in total. The molecule has 6 aliphatic rings. The van der Waals surface area contributed by atoms with Crippen LogP contribution in [0.2, 0.25) is 0 Å². The molecule has 0 amide bonds. The summed E-state index contributed by atoms with van der Waals surface area (Å²) in [4.78, 5) is 0. The summed E-state index contributed by atoms with van der Waals surface area (Å²) in [6.07, 6.45) is 14.0. The van der Waals surface area contributed by atoms with E-state index in [2.05, 4.69) is 74.1 Å². The van der Waals surface area contributed by atoms with Crippen molar-refractivity contribution in [3.63, 3.8) is 0 Å². The van der Waals surface area contributed by atoms with E-state index < -0.39 is 0 Å². The first-order valence-electron chi connectivity index (χ1n) is 14.3. The monoisotopic (exact) mass is 498 g/mol. The van der Waals surface area contributed by atoms with Crippen molar-refractivity contribution in [1.82, 2.24) is 10.6 Å². The summed E-state index contributed by atoms with van der Waals surface area (Å²) >= 11 is 0. The zero-order valence-electron chi connectivity index (χ0n) is 21.8. The third kappa shape index (κ3) is 3.48. The molecule has 1 aromatic rings. The summed E-state index contributed by atoms with van der Waals surface area (Å²) in [5, 5.41) is 8.05. The van der Waals surface area contributed by atoms with Crippen LogP contribution in [0.4, 0.5) is 0 Å². The average Bonchev–Trinajstić information content (AvgIpc) is 3.51. The topological polar surface area (TPSA) is 24.1 Å². The van der Waals surface area contributed by atoms with Gasteiger partial charge in [-0.2, -0.15) is 0 Å². The molecule has 7 rings (SSSR count). The smallest absolute Gasteiger partial charge is 0.0405 e. The third-order valence-electron chi connectivity index (χ3n) is 11.2. The average molecular weight is 499 g/mol. The van der Waals surface area contributed by atoms with Gasteiger partial charge in [-0.05, 0) is 117 Å². The van der Waals surface area contributed by atoms with Crippen LogP contribution >= 0.6 is 18.5 Å². The first-order chi connectivity index (χ1) is 16.2. The summed E-state index contributed by atoms with van der Waals surface area (Å²) in [6.45, 7) is 9.95.